The summed E-state index contributed by atoms with van der Waals surface area (Å²) >= 11 is 0. The van der Waals surface area contributed by atoms with Gasteiger partial charge >= 0.3 is 11.7 Å². The van der Waals surface area contributed by atoms with Gasteiger partial charge < -0.3 is 24.6 Å². The Kier molecular flexibility index (Phi) is 10.0. The number of fused-ring (bicyclic) bond motifs is 3. The average Bonchev–Trinajstić information content (AvgIpc) is 3.56. The summed E-state index contributed by atoms with van der Waals surface area (Å²) in [5.41, 5.74) is 10.00. The maximum absolute atomic E-state index is 13.5. The number of carbonyl (C=O) groups excluding carboxylic acids is 1. The van der Waals surface area contributed by atoms with Crippen molar-refractivity contribution in [3.8, 4) is 11.1 Å². The number of benzene rings is 2. The largest absolute Gasteiger partial charge is 0.463 e. The van der Waals surface area contributed by atoms with E-state index in [-0.39, 0.29) is 31.0 Å². The van der Waals surface area contributed by atoms with Gasteiger partial charge in [-0.3, -0.25) is 19.1 Å². The smallest absolute Gasteiger partial charge is 0.330 e. The summed E-state index contributed by atoms with van der Waals surface area (Å²) in [6, 6.07) is 14.9. The third-order valence-electron chi connectivity index (χ3n) is 8.42. The summed E-state index contributed by atoms with van der Waals surface area (Å²) < 4.78 is 21.1. The number of hydrogen-bond donors (Lipinski definition) is 3. The molecule has 1 aromatic heterocycles. The van der Waals surface area contributed by atoms with Gasteiger partial charge in [-0.05, 0) is 56.9 Å². The SMILES string of the molecule is Cc1cn([C@H]2C[C@H](OP(O)N(C)N(C(C)C)C(C)C)[C@@H](C(N)C(=O)OCC3c4ccccc4-c4ccccc43)O2)c(=O)[nH]c1=O. The van der Waals surface area contributed by atoms with Crippen LogP contribution in [0.2, 0.25) is 0 Å². The topological polar surface area (TPSA) is 152 Å². The predicted molar refractivity (Wildman–Crippen MR) is 171 cm³/mol. The maximum Gasteiger partial charge on any atom is 0.330 e. The van der Waals surface area contributed by atoms with Crippen LogP contribution in [0.3, 0.4) is 0 Å². The molecule has 2 unspecified atom stereocenters. The van der Waals surface area contributed by atoms with Gasteiger partial charge in [0.1, 0.15) is 25.0 Å². The molecule has 0 saturated carbocycles. The highest BCUT2D eigenvalue weighted by molar-refractivity contribution is 7.43. The number of esters is 1. The average molecular weight is 640 g/mol. The molecule has 0 radical (unpaired) electrons. The molecule has 13 heteroatoms. The lowest BCUT2D eigenvalue weighted by Gasteiger charge is -2.40. The van der Waals surface area contributed by atoms with Crippen LogP contribution in [0, 0.1) is 6.92 Å². The first-order valence-electron chi connectivity index (χ1n) is 15.1. The van der Waals surface area contributed by atoms with Crippen molar-refractivity contribution in [2.24, 2.45) is 5.73 Å². The van der Waals surface area contributed by atoms with E-state index in [4.69, 9.17) is 19.7 Å². The minimum absolute atomic E-state index is 0.0740. The number of aromatic nitrogens is 2. The Bertz CT molecular complexity index is 1590. The van der Waals surface area contributed by atoms with Crippen LogP contribution in [0.25, 0.3) is 11.1 Å². The van der Waals surface area contributed by atoms with E-state index >= 15 is 0 Å². The number of aromatic amines is 1. The van der Waals surface area contributed by atoms with E-state index in [0.717, 1.165) is 22.3 Å². The van der Waals surface area contributed by atoms with Crippen molar-refractivity contribution >= 4 is 14.5 Å². The van der Waals surface area contributed by atoms with Crippen molar-refractivity contribution < 1.29 is 23.7 Å². The molecule has 1 saturated heterocycles. The third-order valence-corrected chi connectivity index (χ3v) is 9.58. The van der Waals surface area contributed by atoms with E-state index < -0.39 is 50.2 Å². The zero-order chi connectivity index (χ0) is 32.6. The Morgan fingerprint density at radius 2 is 1.67 bits per heavy atom. The van der Waals surface area contributed by atoms with Crippen LogP contribution >= 0.6 is 8.53 Å². The van der Waals surface area contributed by atoms with Gasteiger partial charge in [0.15, 0.2) is 0 Å². The number of H-pyrrole nitrogens is 1. The third kappa shape index (κ3) is 6.69. The maximum atomic E-state index is 13.5. The lowest BCUT2D eigenvalue weighted by Crippen LogP contribution is -2.49. The molecule has 5 rings (SSSR count). The van der Waals surface area contributed by atoms with Crippen LogP contribution < -0.4 is 17.0 Å². The van der Waals surface area contributed by atoms with Gasteiger partial charge in [-0.15, -0.1) is 0 Å². The molecule has 1 fully saturated rings. The van der Waals surface area contributed by atoms with Gasteiger partial charge in [-0.1, -0.05) is 48.5 Å². The van der Waals surface area contributed by atoms with E-state index in [1.54, 1.807) is 18.8 Å². The molecule has 1 aliphatic heterocycles. The molecule has 3 aromatic rings. The molecule has 45 heavy (non-hydrogen) atoms. The van der Waals surface area contributed by atoms with Gasteiger partial charge in [-0.2, -0.15) is 4.78 Å². The van der Waals surface area contributed by atoms with Crippen molar-refractivity contribution in [3.63, 3.8) is 0 Å². The molecule has 5 atom stereocenters. The van der Waals surface area contributed by atoms with E-state index in [9.17, 15) is 19.3 Å². The van der Waals surface area contributed by atoms with Crippen LogP contribution in [0.5, 0.6) is 0 Å². The fraction of sp³-hybridized carbons (Fsp3) is 0.469. The Morgan fingerprint density at radius 1 is 1.09 bits per heavy atom. The van der Waals surface area contributed by atoms with E-state index in [0.29, 0.717) is 5.56 Å². The molecule has 4 N–H and O–H groups in total. The molecular formula is C32H42N5O7P. The number of rotatable bonds is 11. The fourth-order valence-electron chi connectivity index (χ4n) is 6.43. The summed E-state index contributed by atoms with van der Waals surface area (Å²) in [6.07, 6.45) is -1.34. The summed E-state index contributed by atoms with van der Waals surface area (Å²) in [7, 11) is -0.450. The number of aryl methyl sites for hydroxylation is 1. The van der Waals surface area contributed by atoms with E-state index in [1.165, 1.54) is 10.8 Å². The lowest BCUT2D eigenvalue weighted by molar-refractivity contribution is -0.151. The number of nitrogens with zero attached hydrogens (tertiary/aromatic N) is 3. The molecule has 2 heterocycles. The highest BCUT2D eigenvalue weighted by Crippen LogP contribution is 2.46. The monoisotopic (exact) mass is 639 g/mol. The first-order chi connectivity index (χ1) is 21.4. The first kappa shape index (κ1) is 33.2. The molecule has 242 valence electrons. The predicted octanol–water partition coefficient (Wildman–Crippen LogP) is 3.39. The zero-order valence-electron chi connectivity index (χ0n) is 26.4. The number of hydrazine groups is 1. The van der Waals surface area contributed by atoms with Crippen molar-refractivity contribution in [2.75, 3.05) is 13.7 Å². The summed E-state index contributed by atoms with van der Waals surface area (Å²) in [5.74, 6) is -0.847. The van der Waals surface area contributed by atoms with Crippen LogP contribution in [-0.4, -0.2) is 74.2 Å². The molecule has 1 aliphatic carbocycles. The Hall–Kier alpha value is -3.22. The Labute approximate surface area is 263 Å². The highest BCUT2D eigenvalue weighted by Gasteiger charge is 2.46. The highest BCUT2D eigenvalue weighted by atomic mass is 31.2. The molecular weight excluding hydrogens is 597 g/mol. The number of nitrogens with two attached hydrogens (primary N) is 1. The van der Waals surface area contributed by atoms with Crippen molar-refractivity contribution in [3.05, 3.63) is 92.3 Å². The Balaban J connectivity index is 1.36. The second-order valence-electron chi connectivity index (χ2n) is 12.1. The van der Waals surface area contributed by atoms with Gasteiger partial charge in [-0.25, -0.2) is 9.80 Å². The van der Waals surface area contributed by atoms with E-state index in [2.05, 4.69) is 17.1 Å². The molecule has 2 aliphatic rings. The van der Waals surface area contributed by atoms with Gasteiger partial charge in [0.2, 0.25) is 0 Å². The van der Waals surface area contributed by atoms with Crippen molar-refractivity contribution in [2.45, 2.75) is 83.5 Å². The molecule has 12 nitrogen and oxygen atoms in total. The number of nitrogens with one attached hydrogen (secondary N) is 1. The van der Waals surface area contributed by atoms with Crippen molar-refractivity contribution in [1.82, 2.24) is 19.3 Å². The quantitative estimate of drug-likeness (QED) is 0.162. The fourth-order valence-corrected chi connectivity index (χ4v) is 7.61. The molecule has 0 bridgehead atoms. The van der Waals surface area contributed by atoms with Crippen LogP contribution in [-0.2, 0) is 18.8 Å². The first-order valence-corrected chi connectivity index (χ1v) is 16.3. The van der Waals surface area contributed by atoms with Crippen molar-refractivity contribution in [1.29, 1.82) is 0 Å². The Morgan fingerprint density at radius 3 is 2.24 bits per heavy atom. The minimum Gasteiger partial charge on any atom is -0.463 e. The normalized spacial score (nSPS) is 21.0. The van der Waals surface area contributed by atoms with Crippen LogP contribution in [0.4, 0.5) is 0 Å². The zero-order valence-corrected chi connectivity index (χ0v) is 27.3. The van der Waals surface area contributed by atoms with Gasteiger partial charge in [0.05, 0.1) is 6.10 Å². The summed E-state index contributed by atoms with van der Waals surface area (Å²) in [4.78, 5) is 51.7. The number of ether oxygens (including phenoxy) is 2. The summed E-state index contributed by atoms with van der Waals surface area (Å²) in [6.45, 7) is 9.69. The van der Waals surface area contributed by atoms with Crippen LogP contribution in [0.15, 0.2) is 64.3 Å². The van der Waals surface area contributed by atoms with Gasteiger partial charge in [0.25, 0.3) is 14.1 Å². The molecule has 0 spiro atoms. The van der Waals surface area contributed by atoms with E-state index in [1.807, 2.05) is 69.1 Å². The molecule has 2 aromatic carbocycles. The molecule has 0 amide bonds. The second kappa shape index (κ2) is 13.6. The number of carbonyl (C=O) groups is 1. The second-order valence-corrected chi connectivity index (χ2v) is 13.4. The minimum atomic E-state index is -2.18. The summed E-state index contributed by atoms with van der Waals surface area (Å²) in [5, 5.41) is 1.98. The standard InChI is InChI=1S/C32H42N5O7P/c1-18(2)37(19(3)4)35(6)45(41)44-26-15-27(36-16-20(5)30(38)34-32(36)40)43-29(26)28(33)31(39)42-17-25-23-13-9-7-11-21(23)22-12-8-10-14-24(22)25/h7-14,16,18-19,25-29,41H,15,17,33H2,1-6H3,(H,34,38,40)/t26-,27+,28?,29-,45?/m0/s1. The number of hydrogen-bond acceptors (Lipinski definition) is 10. The van der Waals surface area contributed by atoms with Crippen LogP contribution in [0.1, 0.15) is 63.0 Å². The van der Waals surface area contributed by atoms with Gasteiger partial charge in [0, 0.05) is 43.2 Å². The lowest BCUT2D eigenvalue weighted by atomic mass is 9.98.